The Morgan fingerprint density at radius 3 is 2.50 bits per heavy atom. The number of rotatable bonds is 4. The van der Waals surface area contributed by atoms with Crippen molar-refractivity contribution in [3.63, 3.8) is 0 Å². The zero-order valence-corrected chi connectivity index (χ0v) is 14.6. The van der Waals surface area contributed by atoms with E-state index in [9.17, 15) is 0 Å². The number of hydrogen-bond donors (Lipinski definition) is 1. The summed E-state index contributed by atoms with van der Waals surface area (Å²) in [5.41, 5.74) is 3.84. The first kappa shape index (κ1) is 15.3. The lowest BCUT2D eigenvalue weighted by atomic mass is 10.2. The number of fused-ring (bicyclic) bond motifs is 1. The number of para-hydroxylation sites is 1. The van der Waals surface area contributed by atoms with Crippen molar-refractivity contribution in [2.75, 3.05) is 6.61 Å². The van der Waals surface area contributed by atoms with Gasteiger partial charge >= 0.3 is 0 Å². The van der Waals surface area contributed by atoms with Gasteiger partial charge in [-0.25, -0.2) is 0 Å². The summed E-state index contributed by atoms with van der Waals surface area (Å²) in [5.74, 6) is 0. The second-order valence-corrected chi connectivity index (χ2v) is 12.0. The first-order valence-corrected chi connectivity index (χ1v) is 10.3. The first-order valence-electron chi connectivity index (χ1n) is 7.42. The van der Waals surface area contributed by atoms with Crippen molar-refractivity contribution >= 4 is 19.2 Å². The van der Waals surface area contributed by atoms with Crippen molar-refractivity contribution in [2.45, 2.75) is 52.2 Å². The van der Waals surface area contributed by atoms with E-state index < -0.39 is 8.32 Å². The summed E-state index contributed by atoms with van der Waals surface area (Å²) in [6.07, 6.45) is 0.959. The first-order chi connectivity index (χ1) is 9.21. The molecule has 2 rings (SSSR count). The van der Waals surface area contributed by atoms with E-state index in [4.69, 9.17) is 4.43 Å². The lowest BCUT2D eigenvalue weighted by molar-refractivity contribution is 0.291. The molecule has 0 saturated carbocycles. The van der Waals surface area contributed by atoms with Crippen molar-refractivity contribution in [3.05, 3.63) is 35.5 Å². The van der Waals surface area contributed by atoms with Gasteiger partial charge in [-0.1, -0.05) is 39.0 Å². The highest BCUT2D eigenvalue weighted by Gasteiger charge is 2.36. The van der Waals surface area contributed by atoms with E-state index in [1.165, 1.54) is 22.2 Å². The highest BCUT2D eigenvalue weighted by atomic mass is 28.4. The maximum absolute atomic E-state index is 6.24. The molecule has 1 aromatic heterocycles. The highest BCUT2D eigenvalue weighted by Crippen LogP contribution is 2.36. The number of aromatic amines is 1. The molecule has 0 saturated heterocycles. The van der Waals surface area contributed by atoms with E-state index in [0.29, 0.717) is 0 Å². The van der Waals surface area contributed by atoms with Gasteiger partial charge in [0.1, 0.15) is 0 Å². The fourth-order valence-electron chi connectivity index (χ4n) is 2.13. The van der Waals surface area contributed by atoms with Gasteiger partial charge in [0.05, 0.1) is 0 Å². The summed E-state index contributed by atoms with van der Waals surface area (Å²) in [4.78, 5) is 3.52. The van der Waals surface area contributed by atoms with Crippen molar-refractivity contribution in [3.8, 4) is 0 Å². The van der Waals surface area contributed by atoms with Crippen LogP contribution in [-0.4, -0.2) is 19.9 Å². The molecule has 0 aliphatic rings. The molecule has 2 aromatic rings. The van der Waals surface area contributed by atoms with Gasteiger partial charge < -0.3 is 9.41 Å². The van der Waals surface area contributed by atoms with Crippen molar-refractivity contribution in [1.82, 2.24) is 4.98 Å². The van der Waals surface area contributed by atoms with Crippen LogP contribution in [0, 0.1) is 6.92 Å². The Labute approximate surface area is 123 Å². The van der Waals surface area contributed by atoms with E-state index in [2.05, 4.69) is 70.0 Å². The zero-order valence-electron chi connectivity index (χ0n) is 13.6. The summed E-state index contributed by atoms with van der Waals surface area (Å²) in [6.45, 7) is 14.4. The topological polar surface area (TPSA) is 25.0 Å². The Morgan fingerprint density at radius 2 is 1.90 bits per heavy atom. The molecule has 0 aliphatic heterocycles. The molecule has 2 nitrogen and oxygen atoms in total. The molecular weight excluding hydrogens is 262 g/mol. The molecule has 0 amide bonds. The maximum atomic E-state index is 6.24. The molecule has 20 heavy (non-hydrogen) atoms. The van der Waals surface area contributed by atoms with Crippen LogP contribution in [-0.2, 0) is 10.8 Å². The number of benzene rings is 1. The molecule has 0 fully saturated rings. The maximum Gasteiger partial charge on any atom is 0.191 e. The number of H-pyrrole nitrogens is 1. The van der Waals surface area contributed by atoms with Gasteiger partial charge in [-0.3, -0.25) is 0 Å². The minimum atomic E-state index is -1.62. The molecule has 0 spiro atoms. The number of hydrogen-bond acceptors (Lipinski definition) is 1. The van der Waals surface area contributed by atoms with Crippen molar-refractivity contribution in [1.29, 1.82) is 0 Å². The predicted octanol–water partition coefficient (Wildman–Crippen LogP) is 5.04. The SMILES string of the molecule is Cc1cccc2cc(CCO[Si](C)(C)C(C)(C)C)[nH]c12. The predicted molar refractivity (Wildman–Crippen MR) is 89.9 cm³/mol. The monoisotopic (exact) mass is 289 g/mol. The number of aryl methyl sites for hydroxylation is 1. The lowest BCUT2D eigenvalue weighted by Gasteiger charge is -2.36. The summed E-state index contributed by atoms with van der Waals surface area (Å²) in [7, 11) is -1.62. The average Bonchev–Trinajstić information content (AvgIpc) is 2.71. The van der Waals surface area contributed by atoms with Gasteiger partial charge in [0, 0.05) is 24.2 Å². The molecule has 0 radical (unpaired) electrons. The van der Waals surface area contributed by atoms with Crippen LogP contribution in [0.25, 0.3) is 10.9 Å². The molecule has 0 aliphatic carbocycles. The molecule has 1 aromatic carbocycles. The summed E-state index contributed by atoms with van der Waals surface area (Å²) >= 11 is 0. The molecule has 0 bridgehead atoms. The average molecular weight is 289 g/mol. The molecule has 1 heterocycles. The van der Waals surface area contributed by atoms with E-state index in [0.717, 1.165) is 13.0 Å². The van der Waals surface area contributed by atoms with Crippen molar-refractivity contribution in [2.24, 2.45) is 0 Å². The van der Waals surface area contributed by atoms with Crippen LogP contribution in [0.1, 0.15) is 32.0 Å². The van der Waals surface area contributed by atoms with Crippen LogP contribution in [0.5, 0.6) is 0 Å². The van der Waals surface area contributed by atoms with Crippen LogP contribution in [0.2, 0.25) is 18.1 Å². The van der Waals surface area contributed by atoms with Gasteiger partial charge in [-0.15, -0.1) is 0 Å². The lowest BCUT2D eigenvalue weighted by Crippen LogP contribution is -2.41. The summed E-state index contributed by atoms with van der Waals surface area (Å²) in [5, 5.41) is 1.58. The van der Waals surface area contributed by atoms with Crippen LogP contribution >= 0.6 is 0 Å². The van der Waals surface area contributed by atoms with Crippen LogP contribution in [0.15, 0.2) is 24.3 Å². The zero-order chi connectivity index (χ0) is 15.0. The number of nitrogens with one attached hydrogen (secondary N) is 1. The van der Waals surface area contributed by atoms with E-state index in [-0.39, 0.29) is 5.04 Å². The molecule has 0 unspecified atom stereocenters. The second-order valence-electron chi connectivity index (χ2n) is 7.19. The third-order valence-electron chi connectivity index (χ3n) is 4.56. The van der Waals surface area contributed by atoms with Crippen LogP contribution < -0.4 is 0 Å². The molecular formula is C17H27NOSi. The third kappa shape index (κ3) is 3.15. The molecule has 0 atom stereocenters. The quantitative estimate of drug-likeness (QED) is 0.784. The molecule has 1 N–H and O–H groups in total. The number of aromatic nitrogens is 1. The van der Waals surface area contributed by atoms with Gasteiger partial charge in [0.25, 0.3) is 0 Å². The smallest absolute Gasteiger partial charge is 0.191 e. The normalized spacial score (nSPS) is 13.1. The van der Waals surface area contributed by atoms with Gasteiger partial charge in [0.15, 0.2) is 8.32 Å². The fraction of sp³-hybridized carbons (Fsp3) is 0.529. The van der Waals surface area contributed by atoms with E-state index in [1.54, 1.807) is 0 Å². The molecule has 3 heteroatoms. The second kappa shape index (κ2) is 5.38. The summed E-state index contributed by atoms with van der Waals surface area (Å²) < 4.78 is 6.24. The highest BCUT2D eigenvalue weighted by molar-refractivity contribution is 6.74. The minimum Gasteiger partial charge on any atom is -0.416 e. The Bertz CT molecular complexity index is 593. The largest absolute Gasteiger partial charge is 0.416 e. The van der Waals surface area contributed by atoms with E-state index in [1.807, 2.05) is 0 Å². The van der Waals surface area contributed by atoms with E-state index >= 15 is 0 Å². The van der Waals surface area contributed by atoms with Crippen LogP contribution in [0.3, 0.4) is 0 Å². The standard InChI is InChI=1S/C17H27NOSi/c1-13-8-7-9-14-12-15(18-16(13)14)10-11-19-20(5,6)17(2,3)4/h7-9,12,18H,10-11H2,1-6H3. The third-order valence-corrected chi connectivity index (χ3v) is 9.10. The van der Waals surface area contributed by atoms with Gasteiger partial charge in [0.2, 0.25) is 0 Å². The minimum absolute atomic E-state index is 0.282. The molecule has 110 valence electrons. The Kier molecular flexibility index (Phi) is 4.12. The Morgan fingerprint density at radius 1 is 1.20 bits per heavy atom. The Hall–Kier alpha value is -1.06. The fourth-order valence-corrected chi connectivity index (χ4v) is 3.18. The van der Waals surface area contributed by atoms with Gasteiger partial charge in [-0.05, 0) is 42.1 Å². The van der Waals surface area contributed by atoms with Gasteiger partial charge in [-0.2, -0.15) is 0 Å². The van der Waals surface area contributed by atoms with Crippen LogP contribution in [0.4, 0.5) is 0 Å². The summed E-state index contributed by atoms with van der Waals surface area (Å²) in [6, 6.07) is 8.67. The van der Waals surface area contributed by atoms with Crippen molar-refractivity contribution < 1.29 is 4.43 Å². The Balaban J connectivity index is 2.02.